The first-order valence-electron chi connectivity index (χ1n) is 7.78. The Labute approximate surface area is 149 Å². The van der Waals surface area contributed by atoms with Crippen molar-refractivity contribution in [2.24, 2.45) is 0 Å². The first-order valence-corrected chi connectivity index (χ1v) is 8.16. The molecule has 1 aromatic heterocycles. The van der Waals surface area contributed by atoms with E-state index in [9.17, 15) is 9.18 Å². The zero-order valence-corrected chi connectivity index (χ0v) is 14.6. The number of hydrogen-bond acceptors (Lipinski definition) is 3. The molecule has 1 heterocycles. The van der Waals surface area contributed by atoms with E-state index in [1.165, 1.54) is 23.1 Å². The lowest BCUT2D eigenvalue weighted by Gasteiger charge is -2.16. The first-order chi connectivity index (χ1) is 12.0. The van der Waals surface area contributed by atoms with Gasteiger partial charge in [0.05, 0.1) is 6.54 Å². The van der Waals surface area contributed by atoms with Crippen molar-refractivity contribution >= 4 is 28.5 Å². The van der Waals surface area contributed by atoms with E-state index in [0.29, 0.717) is 40.5 Å². The lowest BCUT2D eigenvalue weighted by Crippen LogP contribution is -2.31. The molecule has 1 amide bonds. The minimum Gasteiger partial charge on any atom is -0.492 e. The van der Waals surface area contributed by atoms with E-state index >= 15 is 0 Å². The lowest BCUT2D eigenvalue weighted by atomic mass is 10.1. The van der Waals surface area contributed by atoms with Gasteiger partial charge in [0.25, 0.3) is 5.91 Å². The summed E-state index contributed by atoms with van der Waals surface area (Å²) in [5, 5.41) is 1.19. The molecule has 0 fully saturated rings. The van der Waals surface area contributed by atoms with Crippen molar-refractivity contribution in [1.82, 2.24) is 4.90 Å². The fourth-order valence-corrected chi connectivity index (χ4v) is 2.71. The summed E-state index contributed by atoms with van der Waals surface area (Å²) in [7, 11) is 1.66. The van der Waals surface area contributed by atoms with Crippen LogP contribution in [0.2, 0.25) is 5.02 Å². The predicted octanol–water partition coefficient (Wildman–Crippen LogP) is 4.68. The number of amides is 1. The molecular weight excluding hydrogens is 345 g/mol. The Morgan fingerprint density at radius 3 is 2.84 bits per heavy atom. The summed E-state index contributed by atoms with van der Waals surface area (Å²) in [4.78, 5) is 14.1. The van der Waals surface area contributed by atoms with Gasteiger partial charge in [-0.05, 0) is 43.3 Å². The molecule has 0 radical (unpaired) electrons. The number of aryl methyl sites for hydroxylation is 1. The van der Waals surface area contributed by atoms with Gasteiger partial charge < -0.3 is 14.1 Å². The van der Waals surface area contributed by atoms with Gasteiger partial charge in [-0.15, -0.1) is 0 Å². The highest BCUT2D eigenvalue weighted by Gasteiger charge is 2.21. The molecule has 0 N–H and O–H groups in total. The molecule has 25 heavy (non-hydrogen) atoms. The van der Waals surface area contributed by atoms with Crippen LogP contribution in [0.25, 0.3) is 11.0 Å². The van der Waals surface area contributed by atoms with Gasteiger partial charge in [0, 0.05) is 23.0 Å². The third-order valence-corrected chi connectivity index (χ3v) is 4.17. The lowest BCUT2D eigenvalue weighted by molar-refractivity contribution is 0.0744. The van der Waals surface area contributed by atoms with Crippen LogP contribution >= 0.6 is 11.6 Å². The number of furan rings is 1. The normalized spacial score (nSPS) is 10.9. The van der Waals surface area contributed by atoms with E-state index in [0.717, 1.165) is 0 Å². The first kappa shape index (κ1) is 17.3. The molecule has 0 aliphatic rings. The number of nitrogens with zero attached hydrogens (tertiary/aromatic N) is 1. The Bertz CT molecular complexity index is 922. The van der Waals surface area contributed by atoms with Gasteiger partial charge in [-0.25, -0.2) is 4.39 Å². The van der Waals surface area contributed by atoms with Crippen molar-refractivity contribution in [2.75, 3.05) is 20.2 Å². The van der Waals surface area contributed by atoms with Crippen molar-refractivity contribution in [3.8, 4) is 5.75 Å². The van der Waals surface area contributed by atoms with Gasteiger partial charge in [0.2, 0.25) is 0 Å². The molecule has 0 unspecified atom stereocenters. The third-order valence-electron chi connectivity index (χ3n) is 3.93. The summed E-state index contributed by atoms with van der Waals surface area (Å²) >= 11 is 5.90. The van der Waals surface area contributed by atoms with Gasteiger partial charge in [-0.2, -0.15) is 0 Å². The standard InChI is InChI=1S/C19H17ClFNO3/c1-12-16-11-14(21)6-7-17(16)25-18(12)19(23)22(2)8-9-24-15-5-3-4-13(20)10-15/h3-7,10-11H,8-9H2,1-2H3. The molecule has 0 aliphatic heterocycles. The minimum atomic E-state index is -0.362. The largest absolute Gasteiger partial charge is 0.492 e. The van der Waals surface area contributed by atoms with Crippen LogP contribution in [-0.4, -0.2) is 31.0 Å². The second-order valence-corrected chi connectivity index (χ2v) is 6.17. The Morgan fingerprint density at radius 1 is 1.28 bits per heavy atom. The summed E-state index contributed by atoms with van der Waals surface area (Å²) in [5.74, 6) is 0.220. The molecule has 0 bridgehead atoms. The summed E-state index contributed by atoms with van der Waals surface area (Å²) in [6, 6.07) is 11.3. The number of carbonyl (C=O) groups excluding carboxylic acids is 1. The maximum Gasteiger partial charge on any atom is 0.289 e. The monoisotopic (exact) mass is 361 g/mol. The second kappa shape index (κ2) is 7.15. The summed E-state index contributed by atoms with van der Waals surface area (Å²) < 4.78 is 24.6. The third kappa shape index (κ3) is 3.77. The van der Waals surface area contributed by atoms with Crippen LogP contribution in [0.1, 0.15) is 16.1 Å². The average Bonchev–Trinajstić information content (AvgIpc) is 2.90. The molecule has 0 saturated carbocycles. The molecule has 2 aromatic carbocycles. The Morgan fingerprint density at radius 2 is 2.08 bits per heavy atom. The molecule has 0 spiro atoms. The van der Waals surface area contributed by atoms with E-state index in [1.54, 1.807) is 38.2 Å². The maximum absolute atomic E-state index is 13.4. The average molecular weight is 362 g/mol. The predicted molar refractivity (Wildman–Crippen MR) is 94.8 cm³/mol. The van der Waals surface area contributed by atoms with Crippen LogP contribution in [0, 0.1) is 12.7 Å². The zero-order chi connectivity index (χ0) is 18.0. The molecule has 3 aromatic rings. The number of hydrogen-bond donors (Lipinski definition) is 0. The smallest absolute Gasteiger partial charge is 0.289 e. The van der Waals surface area contributed by atoms with Crippen LogP contribution in [-0.2, 0) is 0 Å². The van der Waals surface area contributed by atoms with Crippen LogP contribution in [0.3, 0.4) is 0 Å². The molecule has 0 aliphatic carbocycles. The topological polar surface area (TPSA) is 42.7 Å². The molecule has 0 saturated heterocycles. The number of ether oxygens (including phenoxy) is 1. The van der Waals surface area contributed by atoms with E-state index < -0.39 is 0 Å². The van der Waals surface area contributed by atoms with Crippen LogP contribution in [0.4, 0.5) is 4.39 Å². The van der Waals surface area contributed by atoms with Crippen molar-refractivity contribution in [3.05, 3.63) is 64.6 Å². The van der Waals surface area contributed by atoms with Crippen LogP contribution in [0.5, 0.6) is 5.75 Å². The van der Waals surface area contributed by atoms with Crippen LogP contribution in [0.15, 0.2) is 46.9 Å². The SMILES string of the molecule is Cc1c(C(=O)N(C)CCOc2cccc(Cl)c2)oc2ccc(F)cc12. The number of benzene rings is 2. The number of carbonyl (C=O) groups is 1. The number of rotatable bonds is 5. The maximum atomic E-state index is 13.4. The van der Waals surface area contributed by atoms with Gasteiger partial charge in [0.15, 0.2) is 5.76 Å². The number of halogens is 2. The number of fused-ring (bicyclic) bond motifs is 1. The Kier molecular flexibility index (Phi) is 4.95. The molecule has 130 valence electrons. The quantitative estimate of drug-likeness (QED) is 0.662. The molecule has 6 heteroatoms. The van der Waals surface area contributed by atoms with E-state index in [1.807, 2.05) is 0 Å². The summed E-state index contributed by atoms with van der Waals surface area (Å²) in [6.45, 7) is 2.43. The fourth-order valence-electron chi connectivity index (χ4n) is 2.53. The van der Waals surface area contributed by atoms with Gasteiger partial charge in [-0.3, -0.25) is 4.79 Å². The summed E-state index contributed by atoms with van der Waals surface area (Å²) in [5.41, 5.74) is 1.12. The highest BCUT2D eigenvalue weighted by atomic mass is 35.5. The summed E-state index contributed by atoms with van der Waals surface area (Å²) in [6.07, 6.45) is 0. The van der Waals surface area contributed by atoms with E-state index in [-0.39, 0.29) is 17.5 Å². The molecule has 4 nitrogen and oxygen atoms in total. The highest BCUT2D eigenvalue weighted by Crippen LogP contribution is 2.26. The fraction of sp³-hybridized carbons (Fsp3) is 0.211. The molecular formula is C19H17ClFNO3. The van der Waals surface area contributed by atoms with Gasteiger partial charge >= 0.3 is 0 Å². The second-order valence-electron chi connectivity index (χ2n) is 5.73. The van der Waals surface area contributed by atoms with Gasteiger partial charge in [0.1, 0.15) is 23.8 Å². The minimum absolute atomic E-state index is 0.214. The highest BCUT2D eigenvalue weighted by molar-refractivity contribution is 6.30. The molecule has 3 rings (SSSR count). The van der Waals surface area contributed by atoms with Gasteiger partial charge in [-0.1, -0.05) is 17.7 Å². The van der Waals surface area contributed by atoms with Crippen molar-refractivity contribution in [1.29, 1.82) is 0 Å². The van der Waals surface area contributed by atoms with E-state index in [4.69, 9.17) is 20.8 Å². The van der Waals surface area contributed by atoms with Crippen molar-refractivity contribution in [3.63, 3.8) is 0 Å². The molecule has 0 atom stereocenters. The van der Waals surface area contributed by atoms with Crippen molar-refractivity contribution < 1.29 is 18.3 Å². The zero-order valence-electron chi connectivity index (χ0n) is 13.9. The van der Waals surface area contributed by atoms with Crippen LogP contribution < -0.4 is 4.74 Å². The number of likely N-dealkylation sites (N-methyl/N-ethyl adjacent to an activating group) is 1. The Balaban J connectivity index is 1.67. The Hall–Kier alpha value is -2.53. The van der Waals surface area contributed by atoms with E-state index in [2.05, 4.69) is 0 Å². The van der Waals surface area contributed by atoms with Crippen molar-refractivity contribution in [2.45, 2.75) is 6.92 Å².